The first kappa shape index (κ1) is 35.9. The maximum atomic E-state index is 13.7. The second-order valence-electron chi connectivity index (χ2n) is 12.3. The quantitative estimate of drug-likeness (QED) is 0.148. The molecule has 0 spiro atoms. The minimum atomic E-state index is -4.51. The molecule has 0 aliphatic carbocycles. The van der Waals surface area contributed by atoms with Crippen LogP contribution in [0, 0.1) is 20.8 Å². The van der Waals surface area contributed by atoms with Gasteiger partial charge in [0.15, 0.2) is 5.82 Å². The number of fused-ring (bicyclic) bond motifs is 1. The van der Waals surface area contributed by atoms with Crippen LogP contribution in [-0.4, -0.2) is 28.3 Å². The summed E-state index contributed by atoms with van der Waals surface area (Å²) in [6.45, 7) is 7.55. The molecule has 7 aromatic rings. The number of hydrogen-bond acceptors (Lipinski definition) is 8. The zero-order valence-corrected chi connectivity index (χ0v) is 31.5. The van der Waals surface area contributed by atoms with Crippen LogP contribution in [0.4, 0.5) is 19.0 Å². The summed E-state index contributed by atoms with van der Waals surface area (Å²) in [5, 5.41) is 11.7. The van der Waals surface area contributed by atoms with Crippen LogP contribution < -0.4 is 4.72 Å². The number of anilines is 1. The number of alkyl halides is 3. The lowest BCUT2D eigenvalue weighted by atomic mass is 10.0. The molecule has 0 aliphatic rings. The van der Waals surface area contributed by atoms with Crippen LogP contribution in [0.3, 0.4) is 0 Å². The average molecular weight is 782 g/mol. The van der Waals surface area contributed by atoms with E-state index in [-0.39, 0.29) is 16.6 Å². The first-order valence-electron chi connectivity index (χ1n) is 16.2. The van der Waals surface area contributed by atoms with Crippen molar-refractivity contribution >= 4 is 61.0 Å². The van der Waals surface area contributed by atoms with Gasteiger partial charge < -0.3 is 4.52 Å². The highest BCUT2D eigenvalue weighted by atomic mass is 35.5. The molecule has 5 heterocycles. The molecule has 2 aromatic carbocycles. The smallest absolute Gasteiger partial charge is 0.359 e. The Morgan fingerprint density at radius 2 is 1.81 bits per heavy atom. The second-order valence-corrected chi connectivity index (χ2v) is 16.9. The number of aromatic nitrogens is 4. The van der Waals surface area contributed by atoms with Crippen molar-refractivity contribution in [2.24, 2.45) is 0 Å². The molecule has 1 N–H and O–H groups in total. The van der Waals surface area contributed by atoms with Gasteiger partial charge in [0.1, 0.15) is 9.97 Å². The van der Waals surface area contributed by atoms with Gasteiger partial charge >= 0.3 is 6.18 Å². The lowest BCUT2D eigenvalue weighted by Gasteiger charge is -2.12. The Labute approximate surface area is 311 Å². The van der Waals surface area contributed by atoms with Gasteiger partial charge in [0.05, 0.1) is 29.0 Å². The van der Waals surface area contributed by atoms with E-state index in [1.54, 1.807) is 47.2 Å². The first-order valence-corrected chi connectivity index (χ1v) is 19.7. The van der Waals surface area contributed by atoms with Gasteiger partial charge in [-0.05, 0) is 74.5 Å². The predicted molar refractivity (Wildman–Crippen MR) is 200 cm³/mol. The highest BCUT2D eigenvalue weighted by Crippen LogP contribution is 2.40. The molecule has 0 unspecified atom stereocenters. The van der Waals surface area contributed by atoms with Crippen molar-refractivity contribution in [3.05, 3.63) is 121 Å². The van der Waals surface area contributed by atoms with Crippen molar-refractivity contribution in [3.63, 3.8) is 0 Å². The number of benzene rings is 2. The van der Waals surface area contributed by atoms with Crippen molar-refractivity contribution in [2.45, 2.75) is 57.5 Å². The Morgan fingerprint density at radius 1 is 1.00 bits per heavy atom. The molecule has 52 heavy (non-hydrogen) atoms. The van der Waals surface area contributed by atoms with Crippen molar-refractivity contribution in [1.29, 1.82) is 0 Å². The number of nitrogens with one attached hydrogen (secondary N) is 1. The molecule has 268 valence electrons. The van der Waals surface area contributed by atoms with E-state index < -0.39 is 21.8 Å². The van der Waals surface area contributed by atoms with Crippen LogP contribution in [0.15, 0.2) is 80.8 Å². The normalized spacial score (nSPS) is 12.2. The molecular formula is C37H31ClF3N5O3S3. The lowest BCUT2D eigenvalue weighted by molar-refractivity contribution is -0.137. The first-order chi connectivity index (χ1) is 24.7. The van der Waals surface area contributed by atoms with Gasteiger partial charge in [-0.2, -0.15) is 18.3 Å². The molecule has 0 fully saturated rings. The Morgan fingerprint density at radius 3 is 2.52 bits per heavy atom. The Hall–Kier alpha value is -4.50. The fraction of sp³-hybridized carbons (Fsp3) is 0.216. The molecule has 0 saturated heterocycles. The minimum Gasteiger partial charge on any atom is -0.359 e. The largest absolute Gasteiger partial charge is 0.416 e. The van der Waals surface area contributed by atoms with Crippen LogP contribution in [0.25, 0.3) is 33.3 Å². The van der Waals surface area contributed by atoms with Crippen LogP contribution in [-0.2, 0) is 35.6 Å². The van der Waals surface area contributed by atoms with Crippen LogP contribution in [0.1, 0.15) is 50.5 Å². The molecule has 0 saturated carbocycles. The summed E-state index contributed by atoms with van der Waals surface area (Å²) in [6, 6.07) is 18.3. The molecule has 0 bridgehead atoms. The van der Waals surface area contributed by atoms with Gasteiger partial charge in [0.25, 0.3) is 10.0 Å². The summed E-state index contributed by atoms with van der Waals surface area (Å²) < 4.78 is 78.3. The number of sulfonamides is 1. The number of rotatable bonds is 10. The predicted octanol–water partition coefficient (Wildman–Crippen LogP) is 10.5. The minimum absolute atomic E-state index is 0.101. The van der Waals surface area contributed by atoms with E-state index >= 15 is 0 Å². The van der Waals surface area contributed by atoms with E-state index in [4.69, 9.17) is 26.2 Å². The van der Waals surface area contributed by atoms with Crippen molar-refractivity contribution in [3.8, 4) is 22.4 Å². The number of thiophene rings is 2. The number of nitrogens with zero attached hydrogens (tertiary/aromatic N) is 4. The van der Waals surface area contributed by atoms with E-state index in [1.165, 1.54) is 6.07 Å². The molecule has 7 rings (SSSR count). The van der Waals surface area contributed by atoms with Crippen molar-refractivity contribution < 1.29 is 26.1 Å². The Balaban J connectivity index is 1.26. The lowest BCUT2D eigenvalue weighted by Crippen LogP contribution is -2.14. The topological polar surface area (TPSA) is 103 Å². The highest BCUT2D eigenvalue weighted by molar-refractivity contribution is 7.94. The van der Waals surface area contributed by atoms with E-state index in [0.717, 1.165) is 38.8 Å². The van der Waals surface area contributed by atoms with Crippen molar-refractivity contribution in [2.75, 3.05) is 4.72 Å². The molecular weight excluding hydrogens is 751 g/mol. The van der Waals surface area contributed by atoms with E-state index in [2.05, 4.69) is 9.88 Å². The molecule has 0 amide bonds. The molecule has 0 radical (unpaired) electrons. The fourth-order valence-electron chi connectivity index (χ4n) is 6.27. The van der Waals surface area contributed by atoms with Crippen LogP contribution in [0.5, 0.6) is 0 Å². The highest BCUT2D eigenvalue weighted by Gasteiger charge is 2.31. The number of aryl methyl sites for hydroxylation is 3. The number of pyridine rings is 1. The molecule has 8 nitrogen and oxygen atoms in total. The van der Waals surface area contributed by atoms with Gasteiger partial charge in [-0.15, -0.1) is 22.7 Å². The maximum Gasteiger partial charge on any atom is 0.416 e. The van der Waals surface area contributed by atoms with E-state index in [1.807, 2.05) is 50.4 Å². The second kappa shape index (κ2) is 13.8. The zero-order valence-electron chi connectivity index (χ0n) is 28.3. The Bertz CT molecular complexity index is 2560. The Kier molecular flexibility index (Phi) is 9.53. The van der Waals surface area contributed by atoms with E-state index in [0.29, 0.717) is 73.9 Å². The van der Waals surface area contributed by atoms with Gasteiger partial charge in [-0.25, -0.2) is 8.42 Å². The summed E-state index contributed by atoms with van der Waals surface area (Å²) in [7, 11) is -4.04. The average Bonchev–Trinajstić information content (AvgIpc) is 3.88. The van der Waals surface area contributed by atoms with E-state index in [9.17, 15) is 21.6 Å². The molecule has 0 atom stereocenters. The van der Waals surface area contributed by atoms with Gasteiger partial charge in [-0.1, -0.05) is 54.0 Å². The molecule has 0 aliphatic heterocycles. The summed E-state index contributed by atoms with van der Waals surface area (Å²) in [4.78, 5) is 6.73. The molecule has 15 heteroatoms. The standard InChI is InChI=1S/C37H31ClF3N5O3S3/c1-5-28-22(4)49-44-35(28)45-52(47,48)36-30(14-20(2)51-36)29-12-11-23(15-31(29)38)19-46-32-18-26(17-27-10-7-13-50-27)42-34(33(32)21(3)43-46)24-8-6-9-25(16-24)37(39,40)41/h6-16,18H,5,17,19H2,1-4H3,(H,44,45). The SMILES string of the molecule is CCc1c(NS(=O)(=O)c2sc(C)cc2-c2ccc(Cn3nc(C)c4c(-c5cccc(C(F)(F)F)c5)nc(Cc5cccs5)cc43)cc2Cl)noc1C. The summed E-state index contributed by atoms with van der Waals surface area (Å²) in [5.74, 6) is 0.702. The van der Waals surface area contributed by atoms with Gasteiger partial charge in [0, 0.05) is 54.5 Å². The van der Waals surface area contributed by atoms with Crippen molar-refractivity contribution in [1.82, 2.24) is 19.9 Å². The third-order valence-corrected chi connectivity index (χ3v) is 12.8. The van der Waals surface area contributed by atoms with Gasteiger partial charge in [-0.3, -0.25) is 14.4 Å². The van der Waals surface area contributed by atoms with Crippen LogP contribution in [0.2, 0.25) is 5.02 Å². The summed E-state index contributed by atoms with van der Waals surface area (Å²) in [5.41, 5.74) is 4.51. The zero-order chi connectivity index (χ0) is 36.9. The third-order valence-electron chi connectivity index (χ3n) is 8.65. The fourth-order valence-corrected chi connectivity index (χ4v) is 9.97. The maximum absolute atomic E-state index is 13.7. The van der Waals surface area contributed by atoms with Gasteiger partial charge in [0.2, 0.25) is 0 Å². The van der Waals surface area contributed by atoms with Crippen LogP contribution >= 0.6 is 34.3 Å². The monoisotopic (exact) mass is 781 g/mol. The molecule has 5 aromatic heterocycles. The number of hydrogen-bond donors (Lipinski definition) is 1. The third kappa shape index (κ3) is 6.99. The number of halogens is 4. The summed E-state index contributed by atoms with van der Waals surface area (Å²) >= 11 is 9.60. The summed E-state index contributed by atoms with van der Waals surface area (Å²) in [6.07, 6.45) is -3.46.